The maximum Gasteiger partial charge on any atom is 0.206 e. The highest BCUT2D eigenvalue weighted by Crippen LogP contribution is 2.23. The standard InChI is InChI=1S/C10H8ClNOS/c1-6-2-3-9-7(4-6)12-10(14-9)8(13)5-11/h2-4H,5H2,1H3. The third-order valence-electron chi connectivity index (χ3n) is 1.90. The maximum absolute atomic E-state index is 11.3. The van der Waals surface area contributed by atoms with E-state index in [0.29, 0.717) is 5.01 Å². The lowest BCUT2D eigenvalue weighted by Gasteiger charge is -1.88. The number of carbonyl (C=O) groups excluding carboxylic acids is 1. The Kier molecular flexibility index (Phi) is 2.52. The molecule has 0 fully saturated rings. The van der Waals surface area contributed by atoms with Crippen LogP contribution in [0.5, 0.6) is 0 Å². The predicted octanol–water partition coefficient (Wildman–Crippen LogP) is 3.03. The number of fused-ring (bicyclic) bond motifs is 1. The first kappa shape index (κ1) is 9.62. The molecule has 0 unspecified atom stereocenters. The zero-order valence-electron chi connectivity index (χ0n) is 7.58. The molecule has 0 atom stereocenters. The van der Waals surface area contributed by atoms with Crippen LogP contribution in [0.4, 0.5) is 0 Å². The van der Waals surface area contributed by atoms with Crippen molar-refractivity contribution < 1.29 is 4.79 Å². The summed E-state index contributed by atoms with van der Waals surface area (Å²) in [5, 5.41) is 0.501. The molecule has 0 bridgehead atoms. The number of ketones is 1. The summed E-state index contributed by atoms with van der Waals surface area (Å²) in [7, 11) is 0. The summed E-state index contributed by atoms with van der Waals surface area (Å²) in [6, 6.07) is 5.96. The van der Waals surface area contributed by atoms with Gasteiger partial charge in [0.25, 0.3) is 0 Å². The summed E-state index contributed by atoms with van der Waals surface area (Å²) >= 11 is 6.86. The average Bonchev–Trinajstić information content (AvgIpc) is 2.59. The molecule has 0 spiro atoms. The van der Waals surface area contributed by atoms with Gasteiger partial charge in [0.15, 0.2) is 5.01 Å². The van der Waals surface area contributed by atoms with Crippen molar-refractivity contribution in [1.82, 2.24) is 4.98 Å². The Balaban J connectivity index is 2.56. The third kappa shape index (κ3) is 1.65. The van der Waals surface area contributed by atoms with Gasteiger partial charge >= 0.3 is 0 Å². The topological polar surface area (TPSA) is 30.0 Å². The molecule has 0 aliphatic rings. The van der Waals surface area contributed by atoms with Crippen LogP contribution >= 0.6 is 22.9 Å². The molecule has 0 N–H and O–H groups in total. The minimum Gasteiger partial charge on any atom is -0.290 e. The second-order valence-corrected chi connectivity index (χ2v) is 4.34. The molecule has 1 aromatic carbocycles. The van der Waals surface area contributed by atoms with E-state index in [2.05, 4.69) is 4.98 Å². The van der Waals surface area contributed by atoms with Gasteiger partial charge in [0.1, 0.15) is 0 Å². The van der Waals surface area contributed by atoms with Crippen molar-refractivity contribution in [2.75, 3.05) is 5.88 Å². The highest BCUT2D eigenvalue weighted by atomic mass is 35.5. The molecule has 2 rings (SSSR count). The minimum absolute atomic E-state index is 0.00119. The Morgan fingerprint density at radius 2 is 2.36 bits per heavy atom. The minimum atomic E-state index is -0.106. The summed E-state index contributed by atoms with van der Waals surface area (Å²) in [6.07, 6.45) is 0. The lowest BCUT2D eigenvalue weighted by molar-refractivity contribution is 0.102. The van der Waals surface area contributed by atoms with E-state index in [1.54, 1.807) is 0 Å². The molecule has 4 heteroatoms. The number of carbonyl (C=O) groups is 1. The van der Waals surface area contributed by atoms with E-state index in [1.807, 2.05) is 25.1 Å². The molecule has 0 aliphatic carbocycles. The fourth-order valence-corrected chi connectivity index (χ4v) is 2.30. The number of Topliss-reactive ketones (excluding diaryl/α,β-unsaturated/α-hetero) is 1. The first-order valence-corrected chi connectivity index (χ1v) is 5.52. The molecule has 0 saturated carbocycles. The largest absolute Gasteiger partial charge is 0.290 e. The molecule has 0 radical (unpaired) electrons. The summed E-state index contributed by atoms with van der Waals surface area (Å²) in [5.74, 6) is -0.107. The number of alkyl halides is 1. The molecule has 0 amide bonds. The molecule has 2 nitrogen and oxygen atoms in total. The molecule has 2 aromatic rings. The van der Waals surface area contributed by atoms with Gasteiger partial charge in [0, 0.05) is 0 Å². The second-order valence-electron chi connectivity index (χ2n) is 3.05. The van der Waals surface area contributed by atoms with Crippen molar-refractivity contribution >= 4 is 38.9 Å². The number of nitrogens with zero attached hydrogens (tertiary/aromatic N) is 1. The van der Waals surface area contributed by atoms with Crippen LogP contribution in [-0.2, 0) is 0 Å². The van der Waals surface area contributed by atoms with Crippen molar-refractivity contribution in [1.29, 1.82) is 0 Å². The monoisotopic (exact) mass is 225 g/mol. The summed E-state index contributed by atoms with van der Waals surface area (Å²) in [4.78, 5) is 15.5. The van der Waals surface area contributed by atoms with Crippen LogP contribution in [0.1, 0.15) is 15.4 Å². The molecule has 72 valence electrons. The lowest BCUT2D eigenvalue weighted by atomic mass is 10.2. The molecule has 0 saturated heterocycles. The van der Waals surface area contributed by atoms with Crippen molar-refractivity contribution in [3.8, 4) is 0 Å². The van der Waals surface area contributed by atoms with E-state index in [-0.39, 0.29) is 11.7 Å². The number of halogens is 1. The Morgan fingerprint density at radius 1 is 1.57 bits per heavy atom. The van der Waals surface area contributed by atoms with Crippen LogP contribution in [0.2, 0.25) is 0 Å². The SMILES string of the molecule is Cc1ccc2sc(C(=O)CCl)nc2c1. The highest BCUT2D eigenvalue weighted by Gasteiger charge is 2.10. The molecular weight excluding hydrogens is 218 g/mol. The molecule has 1 aromatic heterocycles. The predicted molar refractivity (Wildman–Crippen MR) is 59.4 cm³/mol. The van der Waals surface area contributed by atoms with Crippen molar-refractivity contribution in [3.63, 3.8) is 0 Å². The van der Waals surface area contributed by atoms with Crippen LogP contribution < -0.4 is 0 Å². The number of thiazole rings is 1. The Bertz CT molecular complexity index is 492. The third-order valence-corrected chi connectivity index (χ3v) is 3.22. The first-order valence-electron chi connectivity index (χ1n) is 4.17. The van der Waals surface area contributed by atoms with Crippen LogP contribution in [-0.4, -0.2) is 16.6 Å². The number of hydrogen-bond donors (Lipinski definition) is 0. The summed E-state index contributed by atoms with van der Waals surface area (Å²) < 4.78 is 1.03. The number of benzene rings is 1. The van der Waals surface area contributed by atoms with Gasteiger partial charge in [-0.3, -0.25) is 4.79 Å². The number of rotatable bonds is 2. The second kappa shape index (κ2) is 3.67. The van der Waals surface area contributed by atoms with E-state index in [9.17, 15) is 4.79 Å². The fraction of sp³-hybridized carbons (Fsp3) is 0.200. The number of hydrogen-bond acceptors (Lipinski definition) is 3. The van der Waals surface area contributed by atoms with Crippen molar-refractivity contribution in [2.45, 2.75) is 6.92 Å². The zero-order valence-corrected chi connectivity index (χ0v) is 9.15. The summed E-state index contributed by atoms with van der Waals surface area (Å²) in [5.41, 5.74) is 2.02. The van der Waals surface area contributed by atoms with Gasteiger partial charge in [-0.2, -0.15) is 0 Å². The molecule has 0 aliphatic heterocycles. The van der Waals surface area contributed by atoms with E-state index in [1.165, 1.54) is 11.3 Å². The number of aryl methyl sites for hydroxylation is 1. The van der Waals surface area contributed by atoms with E-state index >= 15 is 0 Å². The zero-order chi connectivity index (χ0) is 10.1. The Hall–Kier alpha value is -0.930. The average molecular weight is 226 g/mol. The smallest absolute Gasteiger partial charge is 0.206 e. The van der Waals surface area contributed by atoms with E-state index in [0.717, 1.165) is 15.8 Å². The van der Waals surface area contributed by atoms with E-state index in [4.69, 9.17) is 11.6 Å². The quantitative estimate of drug-likeness (QED) is 0.581. The first-order chi connectivity index (χ1) is 6.70. The van der Waals surface area contributed by atoms with Crippen LogP contribution in [0.25, 0.3) is 10.2 Å². The van der Waals surface area contributed by atoms with Crippen LogP contribution in [0.3, 0.4) is 0 Å². The fourth-order valence-electron chi connectivity index (χ4n) is 1.21. The van der Waals surface area contributed by atoms with Gasteiger partial charge < -0.3 is 0 Å². The molecule has 14 heavy (non-hydrogen) atoms. The Morgan fingerprint density at radius 3 is 3.07 bits per heavy atom. The molecular formula is C10H8ClNOS. The maximum atomic E-state index is 11.3. The van der Waals surface area contributed by atoms with Crippen molar-refractivity contribution in [2.24, 2.45) is 0 Å². The Labute approximate surface area is 90.5 Å². The summed E-state index contributed by atoms with van der Waals surface area (Å²) in [6.45, 7) is 2.00. The lowest BCUT2D eigenvalue weighted by Crippen LogP contribution is -1.98. The van der Waals surface area contributed by atoms with E-state index < -0.39 is 0 Å². The van der Waals surface area contributed by atoms with Gasteiger partial charge in [-0.1, -0.05) is 6.07 Å². The van der Waals surface area contributed by atoms with Gasteiger partial charge in [-0.25, -0.2) is 4.98 Å². The van der Waals surface area contributed by atoms with Crippen molar-refractivity contribution in [3.05, 3.63) is 28.8 Å². The normalized spacial score (nSPS) is 10.7. The van der Waals surface area contributed by atoms with Gasteiger partial charge in [-0.15, -0.1) is 22.9 Å². The van der Waals surface area contributed by atoms with Gasteiger partial charge in [0.2, 0.25) is 5.78 Å². The van der Waals surface area contributed by atoms with Gasteiger partial charge in [0.05, 0.1) is 16.1 Å². The number of aromatic nitrogens is 1. The van der Waals surface area contributed by atoms with Crippen LogP contribution in [0, 0.1) is 6.92 Å². The highest BCUT2D eigenvalue weighted by molar-refractivity contribution is 7.20. The van der Waals surface area contributed by atoms with Gasteiger partial charge in [-0.05, 0) is 24.6 Å². The van der Waals surface area contributed by atoms with Crippen LogP contribution in [0.15, 0.2) is 18.2 Å². The molecule has 1 heterocycles.